The zero-order valence-electron chi connectivity index (χ0n) is 24.1. The molecule has 2 aromatic heterocycles. The fourth-order valence-corrected chi connectivity index (χ4v) is 7.07. The van der Waals surface area contributed by atoms with Crippen molar-refractivity contribution in [1.29, 1.82) is 0 Å². The van der Waals surface area contributed by atoms with Gasteiger partial charge in [0.25, 0.3) is 0 Å². The Morgan fingerprint density at radius 1 is 0.295 bits per heavy atom. The van der Waals surface area contributed by atoms with E-state index in [4.69, 9.17) is 0 Å². The van der Waals surface area contributed by atoms with Crippen molar-refractivity contribution in [3.05, 3.63) is 170 Å². The molecule has 206 valence electrons. The van der Waals surface area contributed by atoms with Gasteiger partial charge in [-0.3, -0.25) is 0 Å². The maximum atomic E-state index is 2.49. The number of para-hydroxylation sites is 4. The second-order valence-electron chi connectivity index (χ2n) is 11.4. The number of benzene rings is 7. The van der Waals surface area contributed by atoms with Crippen molar-refractivity contribution < 1.29 is 0 Å². The van der Waals surface area contributed by atoms with E-state index < -0.39 is 0 Å². The minimum Gasteiger partial charge on any atom is -0.310 e. The third-order valence-corrected chi connectivity index (χ3v) is 8.93. The summed E-state index contributed by atoms with van der Waals surface area (Å²) in [5.74, 6) is 0. The van der Waals surface area contributed by atoms with Crippen LogP contribution in [0.2, 0.25) is 0 Å². The predicted octanol–water partition coefficient (Wildman–Crippen LogP) is 11.7. The molecule has 9 aromatic rings. The molecule has 0 radical (unpaired) electrons. The Kier molecular flexibility index (Phi) is 5.54. The Hall–Kier alpha value is -5.86. The van der Waals surface area contributed by atoms with E-state index in [1.807, 2.05) is 0 Å². The van der Waals surface area contributed by atoms with E-state index in [0.29, 0.717) is 0 Å². The number of hydrogen-bond donors (Lipinski definition) is 0. The van der Waals surface area contributed by atoms with Crippen LogP contribution in [0.3, 0.4) is 0 Å². The van der Waals surface area contributed by atoms with Gasteiger partial charge in [-0.1, -0.05) is 121 Å². The summed E-state index contributed by atoms with van der Waals surface area (Å²) in [6.07, 6.45) is 0. The first-order chi connectivity index (χ1) is 21.9. The summed E-state index contributed by atoms with van der Waals surface area (Å²) < 4.78 is 2.49. The fourth-order valence-electron chi connectivity index (χ4n) is 7.07. The van der Waals surface area contributed by atoms with E-state index in [1.165, 1.54) is 59.6 Å². The van der Waals surface area contributed by atoms with Crippen molar-refractivity contribution in [3.63, 3.8) is 0 Å². The highest BCUT2D eigenvalue weighted by Gasteiger charge is 2.18. The van der Waals surface area contributed by atoms with E-state index >= 15 is 0 Å². The van der Waals surface area contributed by atoms with Gasteiger partial charge >= 0.3 is 0 Å². The number of aromatic nitrogens is 1. The van der Waals surface area contributed by atoms with Crippen molar-refractivity contribution in [2.24, 2.45) is 0 Å². The monoisotopic (exact) mass is 560 g/mol. The molecule has 0 fully saturated rings. The molecular weight excluding hydrogens is 532 g/mol. The molecule has 9 rings (SSSR count). The average Bonchev–Trinajstić information content (AvgIpc) is 3.44. The summed E-state index contributed by atoms with van der Waals surface area (Å²) in [7, 11) is 0. The smallest absolute Gasteiger partial charge is 0.0619 e. The van der Waals surface area contributed by atoms with Crippen molar-refractivity contribution in [3.8, 4) is 0 Å². The van der Waals surface area contributed by atoms with Gasteiger partial charge in [0.2, 0.25) is 0 Å². The Balaban J connectivity index is 1.50. The van der Waals surface area contributed by atoms with Crippen LogP contribution < -0.4 is 4.90 Å². The van der Waals surface area contributed by atoms with Crippen molar-refractivity contribution in [2.75, 3.05) is 4.90 Å². The molecule has 0 bridgehead atoms. The van der Waals surface area contributed by atoms with Crippen LogP contribution >= 0.6 is 0 Å². The lowest BCUT2D eigenvalue weighted by molar-refractivity contribution is 1.28. The largest absolute Gasteiger partial charge is 0.310 e. The molecule has 0 N–H and O–H groups in total. The van der Waals surface area contributed by atoms with Crippen LogP contribution in [0.25, 0.3) is 59.6 Å². The topological polar surface area (TPSA) is 7.65 Å². The number of rotatable bonds is 3. The summed E-state index contributed by atoms with van der Waals surface area (Å²) in [4.78, 5) is 2.34. The van der Waals surface area contributed by atoms with E-state index in [-0.39, 0.29) is 0 Å². The lowest BCUT2D eigenvalue weighted by Crippen LogP contribution is -2.09. The first-order valence-electron chi connectivity index (χ1n) is 15.1. The third kappa shape index (κ3) is 3.68. The summed E-state index contributed by atoms with van der Waals surface area (Å²) >= 11 is 0. The molecule has 2 nitrogen and oxygen atoms in total. The molecule has 0 saturated heterocycles. The summed E-state index contributed by atoms with van der Waals surface area (Å²) in [6, 6.07) is 61.5. The number of hydrogen-bond acceptors (Lipinski definition) is 1. The first-order valence-corrected chi connectivity index (χ1v) is 15.1. The predicted molar refractivity (Wildman–Crippen MR) is 188 cm³/mol. The molecule has 7 aromatic carbocycles. The Morgan fingerprint density at radius 3 is 1.34 bits per heavy atom. The standard InChI is InChI=1S/C42H28N2/c1-3-14-29(15-4-1)43(30-16-5-2-6-17-30)31-26-27-41-39(28-31)38-24-13-23-37-35-21-10-8-19-33(35)32-18-7-9-20-34(32)36-22-11-12-25-40(36)44(41)42(37)38/h1-28H. The van der Waals surface area contributed by atoms with Crippen molar-refractivity contribution in [2.45, 2.75) is 0 Å². The van der Waals surface area contributed by atoms with Crippen molar-refractivity contribution >= 4 is 76.7 Å². The second kappa shape index (κ2) is 9.86. The zero-order valence-corrected chi connectivity index (χ0v) is 24.1. The molecule has 0 aliphatic heterocycles. The van der Waals surface area contributed by atoms with Gasteiger partial charge in [-0.25, -0.2) is 0 Å². The number of nitrogens with zero attached hydrogens (tertiary/aromatic N) is 2. The maximum absolute atomic E-state index is 2.49. The van der Waals surface area contributed by atoms with Crippen LogP contribution in [0.4, 0.5) is 17.1 Å². The highest BCUT2D eigenvalue weighted by Crippen LogP contribution is 2.41. The Bertz CT molecular complexity index is 2510. The Labute approximate surface area is 255 Å². The van der Waals surface area contributed by atoms with E-state index in [1.54, 1.807) is 0 Å². The van der Waals surface area contributed by atoms with E-state index in [9.17, 15) is 0 Å². The normalized spacial score (nSPS) is 11.6. The van der Waals surface area contributed by atoms with Crippen LogP contribution in [-0.2, 0) is 0 Å². The van der Waals surface area contributed by atoms with E-state index in [0.717, 1.165) is 17.1 Å². The van der Waals surface area contributed by atoms with Crippen LogP contribution in [0.1, 0.15) is 0 Å². The zero-order chi connectivity index (χ0) is 29.0. The molecule has 0 spiro atoms. The lowest BCUT2D eigenvalue weighted by Gasteiger charge is -2.25. The van der Waals surface area contributed by atoms with Crippen LogP contribution in [0.5, 0.6) is 0 Å². The molecule has 2 heteroatoms. The van der Waals surface area contributed by atoms with Crippen LogP contribution in [0.15, 0.2) is 170 Å². The molecule has 0 saturated carbocycles. The minimum absolute atomic E-state index is 1.13. The summed E-state index contributed by atoms with van der Waals surface area (Å²) in [5, 5.41) is 9.95. The van der Waals surface area contributed by atoms with Gasteiger partial charge < -0.3 is 9.30 Å². The second-order valence-corrected chi connectivity index (χ2v) is 11.4. The molecule has 0 amide bonds. The van der Waals surface area contributed by atoms with Gasteiger partial charge in [-0.15, -0.1) is 0 Å². The summed E-state index contributed by atoms with van der Waals surface area (Å²) in [6.45, 7) is 0. The molecule has 0 aliphatic carbocycles. The molecular formula is C42H28N2. The number of anilines is 3. The van der Waals surface area contributed by atoms with Gasteiger partial charge in [0.15, 0.2) is 0 Å². The molecule has 2 heterocycles. The van der Waals surface area contributed by atoms with Gasteiger partial charge in [0, 0.05) is 38.6 Å². The molecule has 44 heavy (non-hydrogen) atoms. The highest BCUT2D eigenvalue weighted by molar-refractivity contribution is 6.25. The van der Waals surface area contributed by atoms with Crippen LogP contribution in [-0.4, -0.2) is 4.40 Å². The third-order valence-electron chi connectivity index (χ3n) is 8.93. The highest BCUT2D eigenvalue weighted by atomic mass is 15.1. The Morgan fingerprint density at radius 2 is 0.727 bits per heavy atom. The maximum Gasteiger partial charge on any atom is 0.0619 e. The SMILES string of the molecule is c1ccc(N(c2ccccc2)c2ccc3c(c2)c2cccc4c5ccccc5c5ccccc5c5ccccc5n3c42)cc1. The van der Waals surface area contributed by atoms with E-state index in [2.05, 4.69) is 179 Å². The quantitative estimate of drug-likeness (QED) is 0.209. The van der Waals surface area contributed by atoms with Crippen LogP contribution in [0, 0.1) is 0 Å². The van der Waals surface area contributed by atoms with Gasteiger partial charge in [-0.05, 0) is 70.1 Å². The first kappa shape index (κ1) is 24.7. The van der Waals surface area contributed by atoms with Gasteiger partial charge in [0.1, 0.15) is 0 Å². The average molecular weight is 561 g/mol. The minimum atomic E-state index is 1.13. The molecule has 0 unspecified atom stereocenters. The number of fused-ring (bicyclic) bond motifs is 10. The molecule has 0 aliphatic rings. The van der Waals surface area contributed by atoms with Crippen molar-refractivity contribution in [1.82, 2.24) is 4.40 Å². The summed E-state index contributed by atoms with van der Waals surface area (Å²) in [5.41, 5.74) is 7.02. The fraction of sp³-hybridized carbons (Fsp3) is 0. The lowest BCUT2D eigenvalue weighted by atomic mass is 10.0. The van der Waals surface area contributed by atoms with Gasteiger partial charge in [0.05, 0.1) is 16.6 Å². The van der Waals surface area contributed by atoms with Gasteiger partial charge in [-0.2, -0.15) is 0 Å². The molecule has 0 atom stereocenters.